The molecule has 4 atom stereocenters. The highest BCUT2D eigenvalue weighted by atomic mass is 14.4. The van der Waals surface area contributed by atoms with Gasteiger partial charge in [0, 0.05) is 0 Å². The first kappa shape index (κ1) is 17.3. The van der Waals surface area contributed by atoms with Gasteiger partial charge in [-0.3, -0.25) is 0 Å². The molecule has 0 aromatic carbocycles. The van der Waals surface area contributed by atoms with Crippen LogP contribution in [0.4, 0.5) is 0 Å². The lowest BCUT2D eigenvalue weighted by atomic mass is 9.67. The van der Waals surface area contributed by atoms with E-state index < -0.39 is 0 Å². The van der Waals surface area contributed by atoms with Crippen molar-refractivity contribution in [1.29, 1.82) is 0 Å². The molecule has 0 spiro atoms. The number of hydrogen-bond acceptors (Lipinski definition) is 0. The Kier molecular flexibility index (Phi) is 7.34. The predicted octanol–water partition coefficient (Wildman–Crippen LogP) is 6.55. The summed E-state index contributed by atoms with van der Waals surface area (Å²) in [6, 6.07) is 0. The van der Waals surface area contributed by atoms with Crippen molar-refractivity contribution in [3.05, 3.63) is 37.0 Å². The SMILES string of the molecule is C=CC(CCCCC(C)C1CCC1C)CC(=C)C(=C)C. The molecule has 0 aromatic rings. The van der Waals surface area contributed by atoms with Crippen molar-refractivity contribution >= 4 is 0 Å². The van der Waals surface area contributed by atoms with Crippen molar-refractivity contribution < 1.29 is 0 Å². The highest BCUT2D eigenvalue weighted by Gasteiger charge is 2.30. The maximum Gasteiger partial charge on any atom is -0.0196 e. The van der Waals surface area contributed by atoms with Crippen molar-refractivity contribution in [2.75, 3.05) is 0 Å². The third-order valence-electron chi connectivity index (χ3n) is 5.35. The minimum Gasteiger partial charge on any atom is -0.103 e. The molecule has 0 nitrogen and oxygen atoms in total. The molecule has 0 radical (unpaired) electrons. The molecule has 0 saturated heterocycles. The molecule has 0 amide bonds. The molecule has 0 heterocycles. The fraction of sp³-hybridized carbons (Fsp3) is 0.700. The molecular formula is C20H34. The molecule has 20 heavy (non-hydrogen) atoms. The Morgan fingerprint density at radius 1 is 1.20 bits per heavy atom. The fourth-order valence-electron chi connectivity index (χ4n) is 3.42. The Labute approximate surface area is 127 Å². The highest BCUT2D eigenvalue weighted by molar-refractivity contribution is 5.23. The fourth-order valence-corrected chi connectivity index (χ4v) is 3.42. The molecule has 1 saturated carbocycles. The summed E-state index contributed by atoms with van der Waals surface area (Å²) in [7, 11) is 0. The van der Waals surface area contributed by atoms with Gasteiger partial charge in [-0.1, -0.05) is 69.9 Å². The Balaban J connectivity index is 2.16. The van der Waals surface area contributed by atoms with Crippen molar-refractivity contribution in [3.63, 3.8) is 0 Å². The van der Waals surface area contributed by atoms with Crippen LogP contribution in [0.5, 0.6) is 0 Å². The minimum atomic E-state index is 0.581. The van der Waals surface area contributed by atoms with Gasteiger partial charge in [0.1, 0.15) is 0 Å². The first-order valence-electron chi connectivity index (χ1n) is 8.41. The van der Waals surface area contributed by atoms with Crippen LogP contribution in [0.3, 0.4) is 0 Å². The van der Waals surface area contributed by atoms with E-state index in [2.05, 4.69) is 39.7 Å². The molecule has 1 aliphatic carbocycles. The maximum atomic E-state index is 4.10. The van der Waals surface area contributed by atoms with Crippen LogP contribution in [-0.4, -0.2) is 0 Å². The van der Waals surface area contributed by atoms with Crippen molar-refractivity contribution in [2.45, 2.75) is 65.7 Å². The van der Waals surface area contributed by atoms with Crippen LogP contribution in [0.15, 0.2) is 37.0 Å². The second-order valence-corrected chi connectivity index (χ2v) is 7.06. The molecule has 1 fully saturated rings. The monoisotopic (exact) mass is 274 g/mol. The van der Waals surface area contributed by atoms with Crippen molar-refractivity contribution in [2.24, 2.45) is 23.7 Å². The summed E-state index contributed by atoms with van der Waals surface area (Å²) in [5.41, 5.74) is 2.30. The quantitative estimate of drug-likeness (QED) is 0.240. The van der Waals surface area contributed by atoms with Crippen molar-refractivity contribution in [3.8, 4) is 0 Å². The van der Waals surface area contributed by atoms with Crippen LogP contribution in [0.25, 0.3) is 0 Å². The van der Waals surface area contributed by atoms with Crippen molar-refractivity contribution in [1.82, 2.24) is 0 Å². The Bertz CT molecular complexity index is 336. The van der Waals surface area contributed by atoms with Crippen LogP contribution in [0.1, 0.15) is 65.7 Å². The number of hydrogen-bond donors (Lipinski definition) is 0. The summed E-state index contributed by atoms with van der Waals surface area (Å²) in [5, 5.41) is 0. The van der Waals surface area contributed by atoms with Crippen LogP contribution < -0.4 is 0 Å². The summed E-state index contributed by atoms with van der Waals surface area (Å²) in [5.74, 6) is 3.49. The number of rotatable bonds is 10. The lowest BCUT2D eigenvalue weighted by Crippen LogP contribution is -2.29. The van der Waals surface area contributed by atoms with Crippen LogP contribution >= 0.6 is 0 Å². The third kappa shape index (κ3) is 5.31. The van der Waals surface area contributed by atoms with Gasteiger partial charge >= 0.3 is 0 Å². The Morgan fingerprint density at radius 2 is 1.85 bits per heavy atom. The van der Waals surface area contributed by atoms with Gasteiger partial charge in [-0.2, -0.15) is 0 Å². The molecule has 0 aliphatic heterocycles. The summed E-state index contributed by atoms with van der Waals surface area (Å²) in [4.78, 5) is 0. The van der Waals surface area contributed by atoms with Gasteiger partial charge < -0.3 is 0 Å². The Morgan fingerprint density at radius 3 is 2.30 bits per heavy atom. The predicted molar refractivity (Wildman–Crippen MR) is 91.8 cm³/mol. The largest absolute Gasteiger partial charge is 0.103 e. The first-order valence-corrected chi connectivity index (χ1v) is 8.41. The molecular weight excluding hydrogens is 240 g/mol. The van der Waals surface area contributed by atoms with E-state index in [1.807, 2.05) is 6.92 Å². The van der Waals surface area contributed by atoms with E-state index in [4.69, 9.17) is 0 Å². The van der Waals surface area contributed by atoms with Gasteiger partial charge in [-0.15, -0.1) is 6.58 Å². The van der Waals surface area contributed by atoms with Gasteiger partial charge in [-0.25, -0.2) is 0 Å². The normalized spacial score (nSPS) is 24.6. The van der Waals surface area contributed by atoms with Crippen LogP contribution in [0.2, 0.25) is 0 Å². The zero-order valence-corrected chi connectivity index (χ0v) is 14.0. The first-order chi connectivity index (χ1) is 9.45. The minimum absolute atomic E-state index is 0.581. The van der Waals surface area contributed by atoms with E-state index in [1.54, 1.807) is 0 Å². The van der Waals surface area contributed by atoms with E-state index >= 15 is 0 Å². The number of allylic oxidation sites excluding steroid dienone is 3. The molecule has 0 N–H and O–H groups in total. The van der Waals surface area contributed by atoms with Crippen LogP contribution in [-0.2, 0) is 0 Å². The molecule has 4 unspecified atom stereocenters. The summed E-state index contributed by atoms with van der Waals surface area (Å²) in [6.45, 7) is 19.0. The average molecular weight is 274 g/mol. The second kappa shape index (κ2) is 8.49. The Hall–Kier alpha value is -0.780. The van der Waals surface area contributed by atoms with Gasteiger partial charge in [0.25, 0.3) is 0 Å². The summed E-state index contributed by atoms with van der Waals surface area (Å²) in [6.07, 6.45) is 11.4. The van der Waals surface area contributed by atoms with E-state index in [0.29, 0.717) is 5.92 Å². The second-order valence-electron chi connectivity index (χ2n) is 7.06. The zero-order valence-electron chi connectivity index (χ0n) is 14.0. The number of unbranched alkanes of at least 4 members (excludes halogenated alkanes) is 1. The molecule has 0 bridgehead atoms. The van der Waals surface area contributed by atoms with Gasteiger partial charge in [0.05, 0.1) is 0 Å². The summed E-state index contributed by atoms with van der Waals surface area (Å²) < 4.78 is 0. The zero-order chi connectivity index (χ0) is 15.1. The topological polar surface area (TPSA) is 0 Å². The molecule has 0 aromatic heterocycles. The highest BCUT2D eigenvalue weighted by Crippen LogP contribution is 2.41. The molecule has 0 heteroatoms. The third-order valence-corrected chi connectivity index (χ3v) is 5.35. The smallest absolute Gasteiger partial charge is 0.0196 e. The van der Waals surface area contributed by atoms with E-state index in [1.165, 1.54) is 44.1 Å². The van der Waals surface area contributed by atoms with E-state index in [0.717, 1.165) is 29.7 Å². The molecule has 1 rings (SSSR count). The van der Waals surface area contributed by atoms with Crippen LogP contribution in [0, 0.1) is 23.7 Å². The maximum absolute atomic E-state index is 4.10. The van der Waals surface area contributed by atoms with Gasteiger partial charge in [-0.05, 0) is 49.9 Å². The summed E-state index contributed by atoms with van der Waals surface area (Å²) >= 11 is 0. The lowest BCUT2D eigenvalue weighted by Gasteiger charge is -2.38. The van der Waals surface area contributed by atoms with E-state index in [-0.39, 0.29) is 0 Å². The van der Waals surface area contributed by atoms with E-state index in [9.17, 15) is 0 Å². The lowest BCUT2D eigenvalue weighted by molar-refractivity contribution is 0.121. The van der Waals surface area contributed by atoms with Gasteiger partial charge in [0.2, 0.25) is 0 Å². The molecule has 1 aliphatic rings. The average Bonchev–Trinajstić information content (AvgIpc) is 2.39. The standard InChI is InChI=1S/C20H34/c1-7-19(14-18(6)15(2)3)11-9-8-10-16(4)20-13-12-17(20)5/h7,16-17,19-20H,1-2,6,8-14H2,3-5H3. The van der Waals surface area contributed by atoms with Gasteiger partial charge in [0.15, 0.2) is 0 Å². The molecule has 114 valence electrons.